The molecule has 3 unspecified atom stereocenters. The third-order valence-electron chi connectivity index (χ3n) is 7.87. The second-order valence-corrected chi connectivity index (χ2v) is 10.9. The lowest BCUT2D eigenvalue weighted by atomic mass is 9.90. The van der Waals surface area contributed by atoms with Crippen molar-refractivity contribution in [2.45, 2.75) is 50.2 Å². The lowest BCUT2D eigenvalue weighted by molar-refractivity contribution is 0.0263. The molecule has 2 aromatic heterocycles. The summed E-state index contributed by atoms with van der Waals surface area (Å²) < 4.78 is 22.6. The van der Waals surface area contributed by atoms with Gasteiger partial charge in [-0.1, -0.05) is 11.6 Å². The van der Waals surface area contributed by atoms with Crippen molar-refractivity contribution in [3.8, 4) is 17.3 Å². The highest BCUT2D eigenvalue weighted by Gasteiger charge is 2.52. The maximum atomic E-state index is 13.7. The fourth-order valence-corrected chi connectivity index (χ4v) is 6.44. The molecule has 2 heterocycles. The number of primary amides is 1. The Hall–Kier alpha value is -2.95. The number of ether oxygens (including phenoxy) is 1. The number of amides is 1. The van der Waals surface area contributed by atoms with E-state index in [2.05, 4.69) is 5.10 Å². The Kier molecular flexibility index (Phi) is 6.54. The minimum atomic E-state index is -1.04. The van der Waals surface area contributed by atoms with Gasteiger partial charge in [-0.25, -0.2) is 9.37 Å². The lowest BCUT2D eigenvalue weighted by Crippen LogP contribution is -2.26. The zero-order valence-corrected chi connectivity index (χ0v) is 21.7. The topological polar surface area (TPSA) is 128 Å². The van der Waals surface area contributed by atoms with Gasteiger partial charge >= 0.3 is 0 Å². The van der Waals surface area contributed by atoms with Gasteiger partial charge in [-0.3, -0.25) is 9.48 Å². The molecule has 198 valence electrons. The number of hydrogen-bond acceptors (Lipinski definition) is 6. The Balaban J connectivity index is 1.38. The first kappa shape index (κ1) is 25.7. The third kappa shape index (κ3) is 4.51. The van der Waals surface area contributed by atoms with E-state index < -0.39 is 23.4 Å². The number of aromatic nitrogens is 4. The van der Waals surface area contributed by atoms with E-state index in [1.807, 2.05) is 0 Å². The molecule has 0 radical (unpaired) electrons. The summed E-state index contributed by atoms with van der Waals surface area (Å²) in [4.78, 5) is 17.2. The molecule has 2 aliphatic carbocycles. The van der Waals surface area contributed by atoms with Crippen LogP contribution in [0.15, 0.2) is 24.3 Å². The molecule has 3 atom stereocenters. The van der Waals surface area contributed by atoms with E-state index in [0.29, 0.717) is 47.2 Å². The molecule has 0 saturated heterocycles. The lowest BCUT2D eigenvalue weighted by Gasteiger charge is -2.24. The van der Waals surface area contributed by atoms with Crippen LogP contribution in [-0.4, -0.2) is 48.2 Å². The van der Waals surface area contributed by atoms with Gasteiger partial charge in [-0.15, -0.1) is 5.10 Å². The van der Waals surface area contributed by atoms with Gasteiger partial charge in [0.15, 0.2) is 0 Å². The Morgan fingerprint density at radius 3 is 2.57 bits per heavy atom. The Morgan fingerprint density at radius 1 is 1.30 bits per heavy atom. The average molecular weight is 532 g/mol. The highest BCUT2D eigenvalue weighted by molar-refractivity contribution is 6.31. The molecule has 3 aromatic rings. The summed E-state index contributed by atoms with van der Waals surface area (Å²) >= 11 is 5.99. The summed E-state index contributed by atoms with van der Waals surface area (Å²) in [5.74, 6) is 0.246. The van der Waals surface area contributed by atoms with Crippen molar-refractivity contribution < 1.29 is 24.1 Å². The van der Waals surface area contributed by atoms with E-state index in [-0.39, 0.29) is 29.4 Å². The number of carbonyl (C=O) groups is 1. The highest BCUT2D eigenvalue weighted by atomic mass is 35.5. The summed E-state index contributed by atoms with van der Waals surface area (Å²) in [6.45, 7) is 1.62. The van der Waals surface area contributed by atoms with E-state index in [1.165, 1.54) is 12.1 Å². The Labute approximate surface area is 219 Å². The van der Waals surface area contributed by atoms with Crippen molar-refractivity contribution in [2.24, 2.45) is 31.7 Å². The Bertz CT molecular complexity index is 1340. The molecule has 1 amide bonds. The largest absolute Gasteiger partial charge is 0.471 e. The Morgan fingerprint density at radius 2 is 1.97 bits per heavy atom. The van der Waals surface area contributed by atoms with Crippen LogP contribution in [0.25, 0.3) is 11.4 Å². The molecule has 5 rings (SSSR count). The van der Waals surface area contributed by atoms with E-state index in [9.17, 15) is 19.4 Å². The average Bonchev–Trinajstić information content (AvgIpc) is 3.56. The van der Waals surface area contributed by atoms with Gasteiger partial charge in [-0.2, -0.15) is 0 Å². The van der Waals surface area contributed by atoms with Crippen LogP contribution in [0.1, 0.15) is 60.4 Å². The fourth-order valence-electron chi connectivity index (χ4n) is 6.26. The van der Waals surface area contributed by atoms with Gasteiger partial charge in [0.05, 0.1) is 23.0 Å². The number of rotatable bonds is 7. The molecule has 0 aliphatic heterocycles. The zero-order valence-electron chi connectivity index (χ0n) is 21.0. The first-order valence-corrected chi connectivity index (χ1v) is 12.7. The van der Waals surface area contributed by atoms with Gasteiger partial charge in [0.1, 0.15) is 29.0 Å². The van der Waals surface area contributed by atoms with Crippen LogP contribution < -0.4 is 10.5 Å². The van der Waals surface area contributed by atoms with Crippen molar-refractivity contribution in [1.82, 2.24) is 19.3 Å². The molecule has 11 heteroatoms. The molecule has 37 heavy (non-hydrogen) atoms. The molecule has 4 N–H and O–H groups in total. The van der Waals surface area contributed by atoms with E-state index in [1.54, 1.807) is 42.4 Å². The number of halogens is 2. The summed E-state index contributed by atoms with van der Waals surface area (Å²) in [5.41, 5.74) is 6.97. The van der Waals surface area contributed by atoms with Crippen molar-refractivity contribution in [3.63, 3.8) is 0 Å². The molecule has 0 spiro atoms. The van der Waals surface area contributed by atoms with Crippen LogP contribution in [0.4, 0.5) is 4.39 Å². The fraction of sp³-hybridized carbons (Fsp3) is 0.500. The summed E-state index contributed by atoms with van der Waals surface area (Å²) in [6, 6.07) is 6.09. The molecular weight excluding hydrogens is 501 g/mol. The van der Waals surface area contributed by atoms with E-state index in [4.69, 9.17) is 27.1 Å². The van der Waals surface area contributed by atoms with Gasteiger partial charge in [0.25, 0.3) is 5.91 Å². The van der Waals surface area contributed by atoms with Crippen molar-refractivity contribution in [3.05, 3.63) is 52.2 Å². The normalized spacial score (nSPS) is 25.9. The summed E-state index contributed by atoms with van der Waals surface area (Å²) in [7, 11) is 3.49. The maximum Gasteiger partial charge on any atom is 0.267 e. The number of hydrogen-bond donors (Lipinski definition) is 3. The van der Waals surface area contributed by atoms with Crippen molar-refractivity contribution in [2.75, 3.05) is 6.61 Å². The second kappa shape index (κ2) is 9.41. The molecule has 1 aromatic carbocycles. The molecule has 0 bridgehead atoms. The molecule has 9 nitrogen and oxygen atoms in total. The monoisotopic (exact) mass is 531 g/mol. The maximum absolute atomic E-state index is 13.7. The predicted molar refractivity (Wildman–Crippen MR) is 135 cm³/mol. The number of benzene rings is 1. The summed E-state index contributed by atoms with van der Waals surface area (Å²) in [5, 5.41) is 25.2. The van der Waals surface area contributed by atoms with Gasteiger partial charge in [0, 0.05) is 31.6 Å². The second-order valence-electron chi connectivity index (χ2n) is 10.5. The first-order valence-electron chi connectivity index (χ1n) is 12.4. The quantitative estimate of drug-likeness (QED) is 0.429. The van der Waals surface area contributed by atoms with Gasteiger partial charge in [0.2, 0.25) is 5.88 Å². The number of imidazole rings is 1. The van der Waals surface area contributed by atoms with Crippen LogP contribution in [0, 0.1) is 17.7 Å². The SMILES string of the molecule is CC(CO)Oc1cc(C2(O)CC3CC(c4nc(-c5ccc(F)c(Cl)c5)n(C)c4C(N)=O)CC3C2)n(C)n1. The van der Waals surface area contributed by atoms with Crippen LogP contribution >= 0.6 is 11.6 Å². The van der Waals surface area contributed by atoms with Crippen LogP contribution in [0.2, 0.25) is 5.02 Å². The molecule has 2 fully saturated rings. The molecule has 2 aliphatic rings. The predicted octanol–water partition coefficient (Wildman–Crippen LogP) is 3.26. The first-order chi connectivity index (χ1) is 17.5. The standard InChI is InChI=1S/C26H31ClFN5O4/c1-13(12-34)37-21-9-20(33(3)31-21)26(36)10-16-6-15(7-17(16)11-26)22-23(24(29)35)32(2)25(30-22)14-4-5-19(28)18(27)8-14/h4-5,8-9,13,15-17,34,36H,6-7,10-12H2,1-3H3,(H2,29,35). The van der Waals surface area contributed by atoms with Gasteiger partial charge in [-0.05, 0) is 62.6 Å². The number of aliphatic hydroxyl groups is 2. The highest BCUT2D eigenvalue weighted by Crippen LogP contribution is 2.57. The van der Waals surface area contributed by atoms with Gasteiger partial charge < -0.3 is 25.3 Å². The minimum Gasteiger partial charge on any atom is -0.471 e. The van der Waals surface area contributed by atoms with E-state index in [0.717, 1.165) is 12.8 Å². The minimum absolute atomic E-state index is 0.00811. The van der Waals surface area contributed by atoms with Crippen LogP contribution in [0.5, 0.6) is 5.88 Å². The molecule has 2 saturated carbocycles. The molecular formula is C26H31ClFN5O4. The van der Waals surface area contributed by atoms with Crippen molar-refractivity contribution in [1.29, 1.82) is 0 Å². The number of fused-ring (bicyclic) bond motifs is 1. The third-order valence-corrected chi connectivity index (χ3v) is 8.16. The van der Waals surface area contributed by atoms with Crippen LogP contribution in [0.3, 0.4) is 0 Å². The van der Waals surface area contributed by atoms with Crippen molar-refractivity contribution >= 4 is 17.5 Å². The number of nitrogens with two attached hydrogens (primary N) is 1. The number of nitrogens with zero attached hydrogens (tertiary/aromatic N) is 4. The number of aliphatic hydroxyl groups excluding tert-OH is 1. The van der Waals surface area contributed by atoms with E-state index >= 15 is 0 Å². The van der Waals surface area contributed by atoms with Crippen LogP contribution in [-0.2, 0) is 19.7 Å². The smallest absolute Gasteiger partial charge is 0.267 e. The number of aryl methyl sites for hydroxylation is 1. The zero-order chi connectivity index (χ0) is 26.6. The number of carbonyl (C=O) groups excluding carboxylic acids is 1. The summed E-state index contributed by atoms with van der Waals surface area (Å²) in [6.07, 6.45) is 2.24.